The quantitative estimate of drug-likeness (QED) is 0.609. The van der Waals surface area contributed by atoms with Gasteiger partial charge in [-0.1, -0.05) is 36.4 Å². The molecular formula is C28H31NO5. The second kappa shape index (κ2) is 9.75. The number of methoxy groups -OCH3 is 2. The minimum atomic E-state index is -0.550. The summed E-state index contributed by atoms with van der Waals surface area (Å²) in [5.74, 6) is 0.268. The van der Waals surface area contributed by atoms with E-state index in [-0.39, 0.29) is 17.8 Å². The molecule has 4 rings (SSSR count). The van der Waals surface area contributed by atoms with Crippen molar-refractivity contribution in [3.05, 3.63) is 82.2 Å². The average Bonchev–Trinajstić information content (AvgIpc) is 2.82. The summed E-state index contributed by atoms with van der Waals surface area (Å²) >= 11 is 0. The lowest BCUT2D eigenvalue weighted by Crippen LogP contribution is -2.36. The summed E-state index contributed by atoms with van der Waals surface area (Å²) < 4.78 is 16.5. The van der Waals surface area contributed by atoms with E-state index in [4.69, 9.17) is 14.2 Å². The molecule has 0 aromatic heterocycles. The Morgan fingerprint density at radius 3 is 2.32 bits per heavy atom. The summed E-state index contributed by atoms with van der Waals surface area (Å²) in [6, 6.07) is 15.6. The number of allylic oxidation sites excluding steroid dienone is 3. The van der Waals surface area contributed by atoms with Gasteiger partial charge in [0.15, 0.2) is 17.3 Å². The summed E-state index contributed by atoms with van der Waals surface area (Å²) in [6.07, 6.45) is 0.803. The number of hydrogen-bond donors (Lipinski definition) is 1. The van der Waals surface area contributed by atoms with Crippen molar-refractivity contribution in [2.24, 2.45) is 0 Å². The van der Waals surface area contributed by atoms with Gasteiger partial charge in [0.1, 0.15) is 0 Å². The Balaban J connectivity index is 1.83. The van der Waals surface area contributed by atoms with Crippen LogP contribution in [0.1, 0.15) is 56.6 Å². The Hall–Kier alpha value is -3.54. The highest BCUT2D eigenvalue weighted by Crippen LogP contribution is 2.47. The predicted octanol–water partition coefficient (Wildman–Crippen LogP) is 5.02. The van der Waals surface area contributed by atoms with Crippen LogP contribution in [0, 0.1) is 0 Å². The normalized spacial score (nSPS) is 20.1. The van der Waals surface area contributed by atoms with Crippen LogP contribution in [0.2, 0.25) is 0 Å². The lowest BCUT2D eigenvalue weighted by molar-refractivity contribution is -0.143. The molecule has 1 N–H and O–H groups in total. The molecule has 34 heavy (non-hydrogen) atoms. The third kappa shape index (κ3) is 4.45. The summed E-state index contributed by atoms with van der Waals surface area (Å²) in [7, 11) is 3.15. The topological polar surface area (TPSA) is 73.9 Å². The maximum absolute atomic E-state index is 13.6. The van der Waals surface area contributed by atoms with Gasteiger partial charge in [-0.2, -0.15) is 0 Å². The first-order chi connectivity index (χ1) is 16.3. The zero-order valence-electron chi connectivity index (χ0n) is 20.3. The molecule has 1 aliphatic carbocycles. The van der Waals surface area contributed by atoms with E-state index in [0.29, 0.717) is 41.2 Å². The molecule has 6 heteroatoms. The van der Waals surface area contributed by atoms with E-state index in [1.807, 2.05) is 51.1 Å². The van der Waals surface area contributed by atoms with Crippen LogP contribution in [-0.4, -0.2) is 32.1 Å². The number of nitrogens with one attached hydrogen (secondary N) is 1. The summed E-state index contributed by atoms with van der Waals surface area (Å²) in [4.78, 5) is 26.9. The monoisotopic (exact) mass is 461 g/mol. The molecule has 0 bridgehead atoms. The van der Waals surface area contributed by atoms with Gasteiger partial charge in [0, 0.05) is 29.3 Å². The van der Waals surface area contributed by atoms with Crippen molar-refractivity contribution in [2.75, 3.05) is 14.2 Å². The highest BCUT2D eigenvalue weighted by Gasteiger charge is 2.41. The van der Waals surface area contributed by atoms with Crippen LogP contribution >= 0.6 is 0 Å². The number of esters is 1. The average molecular weight is 462 g/mol. The van der Waals surface area contributed by atoms with E-state index < -0.39 is 11.9 Å². The van der Waals surface area contributed by atoms with Crippen LogP contribution in [0.3, 0.4) is 0 Å². The number of ketones is 1. The molecule has 0 saturated carbocycles. The molecule has 178 valence electrons. The maximum atomic E-state index is 13.6. The fourth-order valence-corrected chi connectivity index (χ4v) is 4.91. The van der Waals surface area contributed by atoms with Crippen molar-refractivity contribution in [2.45, 2.75) is 51.6 Å². The van der Waals surface area contributed by atoms with Gasteiger partial charge in [-0.05, 0) is 56.4 Å². The van der Waals surface area contributed by atoms with Gasteiger partial charge >= 0.3 is 5.97 Å². The minimum absolute atomic E-state index is 0.0322. The van der Waals surface area contributed by atoms with Gasteiger partial charge in [0.2, 0.25) is 0 Å². The van der Waals surface area contributed by atoms with Crippen LogP contribution in [0.5, 0.6) is 11.5 Å². The third-order valence-corrected chi connectivity index (χ3v) is 6.40. The van der Waals surface area contributed by atoms with Crippen molar-refractivity contribution < 1.29 is 23.8 Å². The number of hydrogen-bond acceptors (Lipinski definition) is 6. The fourth-order valence-electron chi connectivity index (χ4n) is 4.91. The second-order valence-electron chi connectivity index (χ2n) is 9.00. The number of dihydropyridines is 1. The molecular weight excluding hydrogens is 430 g/mol. The highest BCUT2D eigenvalue weighted by molar-refractivity contribution is 6.04. The summed E-state index contributed by atoms with van der Waals surface area (Å²) in [6.45, 7) is 5.50. The van der Waals surface area contributed by atoms with E-state index in [0.717, 1.165) is 16.8 Å². The highest BCUT2D eigenvalue weighted by atomic mass is 16.5. The molecule has 1 aliphatic heterocycles. The number of benzene rings is 2. The van der Waals surface area contributed by atoms with Crippen molar-refractivity contribution in [3.8, 4) is 11.5 Å². The smallest absolute Gasteiger partial charge is 0.337 e. The Labute approximate surface area is 200 Å². The molecule has 0 fully saturated rings. The molecule has 2 atom stereocenters. The number of carbonyl (C=O) groups excluding carboxylic acids is 2. The largest absolute Gasteiger partial charge is 0.493 e. The Bertz CT molecular complexity index is 1160. The van der Waals surface area contributed by atoms with Crippen molar-refractivity contribution >= 4 is 11.8 Å². The Morgan fingerprint density at radius 2 is 1.68 bits per heavy atom. The lowest BCUT2D eigenvalue weighted by atomic mass is 9.71. The molecule has 1 heterocycles. The molecule has 2 aromatic rings. The summed E-state index contributed by atoms with van der Waals surface area (Å²) in [5.41, 5.74) is 4.56. The lowest BCUT2D eigenvalue weighted by Gasteiger charge is -2.37. The first kappa shape index (κ1) is 23.6. The van der Waals surface area contributed by atoms with Crippen molar-refractivity contribution in [1.82, 2.24) is 5.32 Å². The standard InChI is InChI=1S/C28H31NO5/c1-16(2)34-28(31)25-17(3)29-21-13-20(18-9-7-6-8-10-18)14-22(30)27(21)26(25)19-11-12-23(32-4)24(15-19)33-5/h6-12,15-16,20,26,29H,13-14H2,1-5H3/t20-,26+/m1/s1. The van der Waals surface area contributed by atoms with Gasteiger partial charge in [-0.15, -0.1) is 0 Å². The van der Waals surface area contributed by atoms with E-state index in [9.17, 15) is 9.59 Å². The zero-order chi connectivity index (χ0) is 24.4. The molecule has 2 aromatic carbocycles. The SMILES string of the molecule is COc1ccc([C@H]2C(C(=O)OC(C)C)=C(C)NC3=C2C(=O)C[C@H](c2ccccc2)C3)cc1OC. The molecule has 0 saturated heterocycles. The minimum Gasteiger partial charge on any atom is -0.493 e. The van der Waals surface area contributed by atoms with Gasteiger partial charge in [0.05, 0.1) is 25.9 Å². The summed E-state index contributed by atoms with van der Waals surface area (Å²) in [5, 5.41) is 3.39. The van der Waals surface area contributed by atoms with Crippen molar-refractivity contribution in [1.29, 1.82) is 0 Å². The van der Waals surface area contributed by atoms with Crippen molar-refractivity contribution in [3.63, 3.8) is 0 Å². The molecule has 2 aliphatic rings. The van der Waals surface area contributed by atoms with Crippen LogP contribution < -0.4 is 14.8 Å². The van der Waals surface area contributed by atoms with Gasteiger partial charge in [-0.25, -0.2) is 4.79 Å². The number of carbonyl (C=O) groups is 2. The molecule has 6 nitrogen and oxygen atoms in total. The van der Waals surface area contributed by atoms with E-state index in [1.54, 1.807) is 20.3 Å². The Kier molecular flexibility index (Phi) is 6.77. The van der Waals surface area contributed by atoms with Gasteiger partial charge in [0.25, 0.3) is 0 Å². The molecule has 0 unspecified atom stereocenters. The predicted molar refractivity (Wildman–Crippen MR) is 130 cm³/mol. The fraction of sp³-hybridized carbons (Fsp3) is 0.357. The van der Waals surface area contributed by atoms with Crippen LogP contribution in [0.4, 0.5) is 0 Å². The number of rotatable bonds is 6. The zero-order valence-corrected chi connectivity index (χ0v) is 20.3. The molecule has 0 spiro atoms. The first-order valence-corrected chi connectivity index (χ1v) is 11.6. The van der Waals surface area contributed by atoms with Crippen LogP contribution in [0.15, 0.2) is 71.1 Å². The maximum Gasteiger partial charge on any atom is 0.337 e. The molecule has 0 radical (unpaired) electrons. The van der Waals surface area contributed by atoms with E-state index >= 15 is 0 Å². The van der Waals surface area contributed by atoms with E-state index in [1.165, 1.54) is 0 Å². The second-order valence-corrected chi connectivity index (χ2v) is 9.00. The van der Waals surface area contributed by atoms with Crippen LogP contribution in [-0.2, 0) is 14.3 Å². The number of Topliss-reactive ketones (excluding diaryl/α,β-unsaturated/α-hetero) is 1. The molecule has 0 amide bonds. The van der Waals surface area contributed by atoms with E-state index in [2.05, 4.69) is 17.4 Å². The third-order valence-electron chi connectivity index (χ3n) is 6.40. The van der Waals surface area contributed by atoms with Gasteiger partial charge < -0.3 is 19.5 Å². The van der Waals surface area contributed by atoms with Crippen LogP contribution in [0.25, 0.3) is 0 Å². The number of ether oxygens (including phenoxy) is 3. The first-order valence-electron chi connectivity index (χ1n) is 11.6. The van der Waals surface area contributed by atoms with Gasteiger partial charge in [-0.3, -0.25) is 4.79 Å². The Morgan fingerprint density at radius 1 is 0.971 bits per heavy atom.